The van der Waals surface area contributed by atoms with Gasteiger partial charge in [0.2, 0.25) is 0 Å². The number of carbonyl (C=O) groups is 1. The Hall–Kier alpha value is -1.75. The van der Waals surface area contributed by atoms with E-state index < -0.39 is 6.10 Å². The third kappa shape index (κ3) is 2.98. The second kappa shape index (κ2) is 5.93. The summed E-state index contributed by atoms with van der Waals surface area (Å²) in [6, 6.07) is 5.65. The topological polar surface area (TPSA) is 48.0 Å². The number of hydrogen-bond donors (Lipinski definition) is 0. The molecule has 0 bridgehead atoms. The van der Waals surface area contributed by atoms with E-state index in [1.807, 2.05) is 18.2 Å². The highest BCUT2D eigenvalue weighted by Gasteiger charge is 2.24. The van der Waals surface area contributed by atoms with Crippen LogP contribution in [0.15, 0.2) is 18.2 Å². The fourth-order valence-corrected chi connectivity index (χ4v) is 2.02. The van der Waals surface area contributed by atoms with Crippen molar-refractivity contribution in [2.45, 2.75) is 19.6 Å². The van der Waals surface area contributed by atoms with Gasteiger partial charge in [-0.05, 0) is 19.1 Å². The molecule has 1 heterocycles. The van der Waals surface area contributed by atoms with Crippen LogP contribution >= 0.6 is 0 Å². The molecular formula is C14H19NO4. The molecule has 0 radical (unpaired) electrons. The van der Waals surface area contributed by atoms with Crippen LogP contribution in [0.25, 0.3) is 0 Å². The predicted molar refractivity (Wildman–Crippen MR) is 70.4 cm³/mol. The molecule has 0 fully saturated rings. The van der Waals surface area contributed by atoms with Gasteiger partial charge in [0.1, 0.15) is 24.2 Å². The summed E-state index contributed by atoms with van der Waals surface area (Å²) in [7, 11) is 3.16. The van der Waals surface area contributed by atoms with E-state index in [4.69, 9.17) is 14.2 Å². The van der Waals surface area contributed by atoms with E-state index in [0.717, 1.165) is 17.1 Å². The molecule has 0 saturated carbocycles. The Morgan fingerprint density at radius 3 is 2.89 bits per heavy atom. The largest absolute Gasteiger partial charge is 0.497 e. The van der Waals surface area contributed by atoms with E-state index in [1.165, 1.54) is 7.11 Å². The lowest BCUT2D eigenvalue weighted by atomic mass is 10.1. The summed E-state index contributed by atoms with van der Waals surface area (Å²) in [5.41, 5.74) is 0.981. The first-order chi connectivity index (χ1) is 9.15. The van der Waals surface area contributed by atoms with Crippen molar-refractivity contribution in [2.75, 3.05) is 27.4 Å². The fraction of sp³-hybridized carbons (Fsp3) is 0.500. The minimum atomic E-state index is -0.431. The molecular weight excluding hydrogens is 246 g/mol. The van der Waals surface area contributed by atoms with E-state index in [-0.39, 0.29) is 5.91 Å². The van der Waals surface area contributed by atoms with Crippen molar-refractivity contribution in [3.8, 4) is 11.5 Å². The van der Waals surface area contributed by atoms with Crippen molar-refractivity contribution >= 4 is 5.91 Å². The maximum atomic E-state index is 12.1. The zero-order valence-electron chi connectivity index (χ0n) is 11.5. The standard InChI is InChI=1S/C14H19NO4/c1-10(17-2)14(16)15-6-7-19-13-8-12(18-3)5-4-11(13)9-15/h4-5,8,10H,6-7,9H2,1-3H3/t10-/m0/s1. The zero-order chi connectivity index (χ0) is 13.8. The van der Waals surface area contributed by atoms with E-state index in [1.54, 1.807) is 18.9 Å². The summed E-state index contributed by atoms with van der Waals surface area (Å²) >= 11 is 0. The Labute approximate surface area is 113 Å². The van der Waals surface area contributed by atoms with Crippen LogP contribution in [-0.2, 0) is 16.1 Å². The quantitative estimate of drug-likeness (QED) is 0.830. The van der Waals surface area contributed by atoms with Gasteiger partial charge in [-0.3, -0.25) is 4.79 Å². The van der Waals surface area contributed by atoms with Crippen LogP contribution in [0.3, 0.4) is 0 Å². The molecule has 0 aliphatic carbocycles. The summed E-state index contributed by atoms with van der Waals surface area (Å²) in [6.07, 6.45) is -0.431. The van der Waals surface area contributed by atoms with Gasteiger partial charge in [0, 0.05) is 25.3 Å². The molecule has 1 aromatic rings. The van der Waals surface area contributed by atoms with Crippen molar-refractivity contribution in [3.05, 3.63) is 23.8 Å². The Morgan fingerprint density at radius 2 is 2.21 bits per heavy atom. The molecule has 2 rings (SSSR count). The van der Waals surface area contributed by atoms with Gasteiger partial charge in [0.25, 0.3) is 5.91 Å². The van der Waals surface area contributed by atoms with Crippen molar-refractivity contribution in [3.63, 3.8) is 0 Å². The Balaban J connectivity index is 2.18. The molecule has 104 valence electrons. The molecule has 5 nitrogen and oxygen atoms in total. The molecule has 0 spiro atoms. The molecule has 1 aromatic carbocycles. The molecule has 19 heavy (non-hydrogen) atoms. The average molecular weight is 265 g/mol. The fourth-order valence-electron chi connectivity index (χ4n) is 2.02. The van der Waals surface area contributed by atoms with Crippen molar-refractivity contribution in [1.29, 1.82) is 0 Å². The first-order valence-corrected chi connectivity index (χ1v) is 6.27. The lowest BCUT2D eigenvalue weighted by Crippen LogP contribution is -2.39. The van der Waals surface area contributed by atoms with Crippen molar-refractivity contribution < 1.29 is 19.0 Å². The van der Waals surface area contributed by atoms with Gasteiger partial charge >= 0.3 is 0 Å². The first kappa shape index (κ1) is 13.7. The van der Waals surface area contributed by atoms with Gasteiger partial charge in [-0.15, -0.1) is 0 Å². The summed E-state index contributed by atoms with van der Waals surface area (Å²) in [6.45, 7) is 3.32. The van der Waals surface area contributed by atoms with Crippen LogP contribution in [0.4, 0.5) is 0 Å². The molecule has 1 atom stereocenters. The number of rotatable bonds is 3. The van der Waals surface area contributed by atoms with Gasteiger partial charge in [-0.25, -0.2) is 0 Å². The molecule has 1 amide bonds. The third-order valence-corrected chi connectivity index (χ3v) is 3.27. The predicted octanol–water partition coefficient (Wildman–Crippen LogP) is 1.45. The summed E-state index contributed by atoms with van der Waals surface area (Å²) in [5, 5.41) is 0. The number of fused-ring (bicyclic) bond motifs is 1. The van der Waals surface area contributed by atoms with Crippen molar-refractivity contribution in [2.24, 2.45) is 0 Å². The monoisotopic (exact) mass is 265 g/mol. The first-order valence-electron chi connectivity index (χ1n) is 6.27. The van der Waals surface area contributed by atoms with Gasteiger partial charge in [0.15, 0.2) is 0 Å². The van der Waals surface area contributed by atoms with E-state index in [2.05, 4.69) is 0 Å². The Kier molecular flexibility index (Phi) is 4.27. The van der Waals surface area contributed by atoms with Gasteiger partial charge in [0.05, 0.1) is 13.7 Å². The maximum absolute atomic E-state index is 12.1. The average Bonchev–Trinajstić information content (AvgIpc) is 2.66. The molecule has 0 unspecified atom stereocenters. The molecule has 0 saturated heterocycles. The van der Waals surface area contributed by atoms with Crippen LogP contribution in [-0.4, -0.2) is 44.3 Å². The van der Waals surface area contributed by atoms with Crippen LogP contribution in [0.1, 0.15) is 12.5 Å². The number of carbonyl (C=O) groups excluding carboxylic acids is 1. The highest BCUT2D eigenvalue weighted by molar-refractivity contribution is 5.80. The zero-order valence-corrected chi connectivity index (χ0v) is 11.5. The van der Waals surface area contributed by atoms with Crippen LogP contribution in [0.5, 0.6) is 11.5 Å². The summed E-state index contributed by atoms with van der Waals surface area (Å²) < 4.78 is 15.9. The minimum absolute atomic E-state index is 0.0187. The van der Waals surface area contributed by atoms with Gasteiger partial charge < -0.3 is 19.1 Å². The minimum Gasteiger partial charge on any atom is -0.497 e. The van der Waals surface area contributed by atoms with Crippen LogP contribution in [0.2, 0.25) is 0 Å². The SMILES string of the molecule is COc1ccc2c(c1)OCCN(C(=O)[C@H](C)OC)C2. The highest BCUT2D eigenvalue weighted by Crippen LogP contribution is 2.28. The van der Waals surface area contributed by atoms with Gasteiger partial charge in [-0.1, -0.05) is 0 Å². The molecule has 0 aromatic heterocycles. The molecule has 5 heteroatoms. The third-order valence-electron chi connectivity index (χ3n) is 3.27. The molecule has 1 aliphatic heterocycles. The Morgan fingerprint density at radius 1 is 1.42 bits per heavy atom. The number of ether oxygens (including phenoxy) is 3. The smallest absolute Gasteiger partial charge is 0.251 e. The second-order valence-corrected chi connectivity index (χ2v) is 4.46. The Bertz CT molecular complexity index is 461. The van der Waals surface area contributed by atoms with Gasteiger partial charge in [-0.2, -0.15) is 0 Å². The molecule has 0 N–H and O–H groups in total. The lowest BCUT2D eigenvalue weighted by Gasteiger charge is -2.22. The molecule has 1 aliphatic rings. The number of benzene rings is 1. The summed E-state index contributed by atoms with van der Waals surface area (Å²) in [5.74, 6) is 1.51. The lowest BCUT2D eigenvalue weighted by molar-refractivity contribution is -0.141. The number of methoxy groups -OCH3 is 2. The van der Waals surface area contributed by atoms with Crippen molar-refractivity contribution in [1.82, 2.24) is 4.90 Å². The van der Waals surface area contributed by atoms with Crippen LogP contribution in [0, 0.1) is 0 Å². The van der Waals surface area contributed by atoms with E-state index in [9.17, 15) is 4.79 Å². The van der Waals surface area contributed by atoms with E-state index in [0.29, 0.717) is 19.7 Å². The highest BCUT2D eigenvalue weighted by atomic mass is 16.5. The van der Waals surface area contributed by atoms with E-state index >= 15 is 0 Å². The number of hydrogen-bond acceptors (Lipinski definition) is 4. The number of amides is 1. The second-order valence-electron chi connectivity index (χ2n) is 4.46. The maximum Gasteiger partial charge on any atom is 0.251 e. The summed E-state index contributed by atoms with van der Waals surface area (Å²) in [4.78, 5) is 13.9. The van der Waals surface area contributed by atoms with Crippen LogP contribution < -0.4 is 9.47 Å². The number of nitrogens with zero attached hydrogens (tertiary/aromatic N) is 1. The normalized spacial score (nSPS) is 16.1.